The number of carbonyl (C=O) groups is 7. The van der Waals surface area contributed by atoms with Crippen LogP contribution in [0.3, 0.4) is 0 Å². The summed E-state index contributed by atoms with van der Waals surface area (Å²) in [6.45, 7) is 9.05. The predicted octanol–water partition coefficient (Wildman–Crippen LogP) is 3.47. The highest BCUT2D eigenvalue weighted by atomic mass is 16.3. The van der Waals surface area contributed by atoms with Crippen LogP contribution >= 0.6 is 0 Å². The Hall–Kier alpha value is -4.77. The minimum absolute atomic E-state index is 0.0755. The van der Waals surface area contributed by atoms with E-state index < -0.39 is 77.8 Å². The normalized spacial score (nSPS) is 25.8. The average molecular weight is 939 g/mol. The molecule has 3 heterocycles. The molecular formula is C50H82N8O9. The molecule has 3 fully saturated rings. The molecule has 5 unspecified atom stereocenters. The zero-order valence-electron chi connectivity index (χ0n) is 40.7. The fraction of sp³-hybridized carbons (Fsp3) is 0.740. The Bertz CT molecular complexity index is 1760. The predicted molar refractivity (Wildman–Crippen MR) is 256 cm³/mol. The summed E-state index contributed by atoms with van der Waals surface area (Å²) in [6, 6.07) is 0.108. The van der Waals surface area contributed by atoms with Gasteiger partial charge in [-0.1, -0.05) is 84.8 Å². The number of rotatable bonds is 20. The number of amides is 7. The number of benzene rings is 1. The molecule has 17 nitrogen and oxygen atoms in total. The fourth-order valence-corrected chi connectivity index (χ4v) is 9.63. The third kappa shape index (κ3) is 17.7. The molecule has 67 heavy (non-hydrogen) atoms. The largest absolute Gasteiger partial charge is 0.508 e. The molecule has 376 valence electrons. The quantitative estimate of drug-likeness (QED) is 0.0885. The summed E-state index contributed by atoms with van der Waals surface area (Å²) in [5.41, 5.74) is 6.64. The van der Waals surface area contributed by atoms with E-state index in [1.54, 1.807) is 19.1 Å². The summed E-state index contributed by atoms with van der Waals surface area (Å²) in [7, 11) is 0. The number of aryl methyl sites for hydroxylation is 1. The van der Waals surface area contributed by atoms with Crippen molar-refractivity contribution in [3.63, 3.8) is 0 Å². The highest BCUT2D eigenvalue weighted by molar-refractivity contribution is 5.97. The van der Waals surface area contributed by atoms with Gasteiger partial charge in [-0.3, -0.25) is 33.6 Å². The minimum Gasteiger partial charge on any atom is -0.508 e. The molecule has 1 aromatic rings. The fourth-order valence-electron chi connectivity index (χ4n) is 9.63. The van der Waals surface area contributed by atoms with E-state index >= 15 is 0 Å². The van der Waals surface area contributed by atoms with Crippen LogP contribution < -0.4 is 32.3 Å². The van der Waals surface area contributed by atoms with E-state index in [0.29, 0.717) is 44.9 Å². The highest BCUT2D eigenvalue weighted by Crippen LogP contribution is 2.24. The van der Waals surface area contributed by atoms with Crippen LogP contribution in [0.5, 0.6) is 5.75 Å². The highest BCUT2D eigenvalue weighted by Gasteiger charge is 2.41. The van der Waals surface area contributed by atoms with Gasteiger partial charge in [0.25, 0.3) is 0 Å². The summed E-state index contributed by atoms with van der Waals surface area (Å²) in [6.07, 6.45) is 11.1. The molecule has 3 saturated heterocycles. The first kappa shape index (κ1) is 54.8. The van der Waals surface area contributed by atoms with Gasteiger partial charge < -0.3 is 52.3 Å². The first-order valence-corrected chi connectivity index (χ1v) is 25.4. The number of hydrogen-bond acceptors (Lipinski definition) is 10. The van der Waals surface area contributed by atoms with Gasteiger partial charge in [-0.2, -0.15) is 0 Å². The maximum Gasteiger partial charge on any atom is 0.245 e. The number of nitrogens with zero attached hydrogens (tertiary/aromatic N) is 2. The van der Waals surface area contributed by atoms with Crippen LogP contribution in [0.2, 0.25) is 0 Å². The number of aromatic hydroxyl groups is 1. The Kier molecular flexibility index (Phi) is 23.4. The number of aliphatic hydroxyl groups excluding tert-OH is 1. The van der Waals surface area contributed by atoms with E-state index in [-0.39, 0.29) is 69.9 Å². The number of carbonyl (C=O) groups excluding carboxylic acids is 7. The molecule has 7 amide bonds. The average Bonchev–Trinajstić information content (AvgIpc) is 4.02. The molecule has 0 bridgehead atoms. The first-order chi connectivity index (χ1) is 32.1. The van der Waals surface area contributed by atoms with Crippen molar-refractivity contribution in [2.75, 3.05) is 26.2 Å². The van der Waals surface area contributed by atoms with Crippen LogP contribution in [0.15, 0.2) is 24.3 Å². The van der Waals surface area contributed by atoms with Crippen LogP contribution in [0.4, 0.5) is 0 Å². The van der Waals surface area contributed by atoms with Crippen molar-refractivity contribution in [2.45, 2.75) is 198 Å². The zero-order valence-corrected chi connectivity index (χ0v) is 40.7. The molecule has 9 atom stereocenters. The molecule has 9 N–H and O–H groups in total. The van der Waals surface area contributed by atoms with Gasteiger partial charge in [0.05, 0.1) is 6.10 Å². The van der Waals surface area contributed by atoms with Crippen molar-refractivity contribution >= 4 is 41.4 Å². The number of β-amino-alcohol motifs (C(OH)–C–C–N with tert-alkyl or cyclic N) is 1. The molecule has 0 radical (unpaired) electrons. The van der Waals surface area contributed by atoms with E-state index in [1.165, 1.54) is 47.6 Å². The van der Waals surface area contributed by atoms with Gasteiger partial charge in [-0.05, 0) is 107 Å². The minimum atomic E-state index is -1.29. The summed E-state index contributed by atoms with van der Waals surface area (Å²) in [4.78, 5) is 101. The molecule has 0 spiro atoms. The van der Waals surface area contributed by atoms with Gasteiger partial charge in [0.15, 0.2) is 0 Å². The molecule has 0 aliphatic carbocycles. The number of hydrogen-bond donors (Lipinski definition) is 8. The number of nitrogens with two attached hydrogens (primary N) is 1. The Morgan fingerprint density at radius 1 is 0.746 bits per heavy atom. The number of aliphatic hydroxyl groups is 1. The second-order valence-electron chi connectivity index (χ2n) is 19.4. The first-order valence-electron chi connectivity index (χ1n) is 25.4. The zero-order chi connectivity index (χ0) is 48.9. The van der Waals surface area contributed by atoms with Crippen molar-refractivity contribution in [3.05, 3.63) is 29.8 Å². The van der Waals surface area contributed by atoms with Crippen molar-refractivity contribution in [3.8, 4) is 5.75 Å². The molecular weight excluding hydrogens is 857 g/mol. The molecule has 1 aromatic carbocycles. The standard InChI is InChI=1S/C50H82N8O9/c1-5-33(3)30-34(4)16-11-9-7-8-10-12-20-44(61)53-41-31-37(60)32-52-47(64)42-18-14-28-57(42)50(67)40(17-13-27-51)56-45(62)39(26-23-35-21-24-36(59)25-22-35)55-48(65)43-19-15-29-58(43)49(66)38(6-2)54-46(41)63/h21-22,24-25,33-34,37-43,59-60H,5-20,23,26-32,51H2,1-4H3,(H,52,64)(H,53,61)(H,54,63)(H,55,65)(H,56,62)/t33?,34?,37-,38+,39?,40?,41+,42+,43?/m1/s1. The van der Waals surface area contributed by atoms with Crippen LogP contribution in [-0.2, 0) is 40.0 Å². The lowest BCUT2D eigenvalue weighted by molar-refractivity contribution is -0.143. The smallest absolute Gasteiger partial charge is 0.245 e. The van der Waals surface area contributed by atoms with Crippen LogP contribution in [0.25, 0.3) is 0 Å². The van der Waals surface area contributed by atoms with E-state index in [4.69, 9.17) is 5.73 Å². The van der Waals surface area contributed by atoms with Gasteiger partial charge >= 0.3 is 0 Å². The summed E-state index contributed by atoms with van der Waals surface area (Å²) >= 11 is 0. The molecule has 17 heteroatoms. The molecule has 0 aromatic heterocycles. The lowest BCUT2D eigenvalue weighted by Crippen LogP contribution is -2.59. The summed E-state index contributed by atoms with van der Waals surface area (Å²) < 4.78 is 0. The monoisotopic (exact) mass is 939 g/mol. The van der Waals surface area contributed by atoms with Gasteiger partial charge in [0.1, 0.15) is 42.0 Å². The Morgan fingerprint density at radius 3 is 1.99 bits per heavy atom. The Morgan fingerprint density at radius 2 is 1.34 bits per heavy atom. The third-order valence-corrected chi connectivity index (χ3v) is 13.8. The second kappa shape index (κ2) is 28.5. The lowest BCUT2D eigenvalue weighted by Gasteiger charge is -2.31. The Balaban J connectivity index is 1.52. The van der Waals surface area contributed by atoms with Gasteiger partial charge in [0, 0.05) is 32.5 Å². The maximum absolute atomic E-state index is 14.2. The van der Waals surface area contributed by atoms with Gasteiger partial charge in [-0.15, -0.1) is 0 Å². The van der Waals surface area contributed by atoms with Gasteiger partial charge in [0.2, 0.25) is 41.4 Å². The number of fused-ring (bicyclic) bond motifs is 2. The maximum atomic E-state index is 14.2. The van der Waals surface area contributed by atoms with E-state index in [9.17, 15) is 43.8 Å². The van der Waals surface area contributed by atoms with Crippen molar-refractivity contribution in [1.82, 2.24) is 36.4 Å². The second-order valence-corrected chi connectivity index (χ2v) is 19.4. The SMILES string of the molecule is CCC(C)CC(C)CCCCCCCCC(=O)N[C@H]1C[C@@H](O)CNC(=O)[C@@H]2CCCN2C(=O)C(CCCN)NC(=O)C(CCc2ccc(O)cc2)NC(=O)C2CCCN2C(=O)[C@H](CC)NC1=O. The molecule has 4 rings (SSSR count). The van der Waals surface area contributed by atoms with Crippen molar-refractivity contribution in [1.29, 1.82) is 0 Å². The topological polar surface area (TPSA) is 253 Å². The van der Waals surface area contributed by atoms with E-state index in [2.05, 4.69) is 47.4 Å². The molecule has 0 saturated carbocycles. The van der Waals surface area contributed by atoms with E-state index in [0.717, 1.165) is 43.1 Å². The molecule has 3 aliphatic heterocycles. The van der Waals surface area contributed by atoms with Crippen molar-refractivity contribution in [2.24, 2.45) is 17.6 Å². The number of phenols is 1. The van der Waals surface area contributed by atoms with Crippen molar-refractivity contribution < 1.29 is 43.8 Å². The summed E-state index contributed by atoms with van der Waals surface area (Å²) in [5.74, 6) is -2.18. The summed E-state index contributed by atoms with van der Waals surface area (Å²) in [5, 5.41) is 35.1. The Labute approximate surface area is 398 Å². The number of phenolic OH excluding ortho intramolecular Hbond substituents is 1. The lowest BCUT2D eigenvalue weighted by atomic mass is 9.91. The third-order valence-electron chi connectivity index (χ3n) is 13.8. The number of nitrogens with one attached hydrogen (secondary N) is 5. The number of unbranched alkanes of at least 4 members (excludes halogenated alkanes) is 5. The van der Waals surface area contributed by atoms with Gasteiger partial charge in [-0.25, -0.2) is 0 Å². The molecule has 3 aliphatic rings. The van der Waals surface area contributed by atoms with Crippen LogP contribution in [0.1, 0.15) is 155 Å². The van der Waals surface area contributed by atoms with Crippen LogP contribution in [0, 0.1) is 11.8 Å². The van der Waals surface area contributed by atoms with E-state index in [1.807, 2.05) is 0 Å². The van der Waals surface area contributed by atoms with Crippen LogP contribution in [-0.4, -0.2) is 130 Å².